The van der Waals surface area contributed by atoms with Gasteiger partial charge in [0.05, 0.1) is 12.7 Å². The highest BCUT2D eigenvalue weighted by molar-refractivity contribution is 5.94. The van der Waals surface area contributed by atoms with Crippen molar-refractivity contribution >= 4 is 11.9 Å². The molecule has 2 heterocycles. The first-order valence-electron chi connectivity index (χ1n) is 7.73. The zero-order chi connectivity index (χ0) is 17.1. The summed E-state index contributed by atoms with van der Waals surface area (Å²) in [7, 11) is 0. The van der Waals surface area contributed by atoms with Crippen molar-refractivity contribution < 1.29 is 19.1 Å². The van der Waals surface area contributed by atoms with Gasteiger partial charge >= 0.3 is 5.97 Å². The van der Waals surface area contributed by atoms with Gasteiger partial charge in [0.25, 0.3) is 5.91 Å². The van der Waals surface area contributed by atoms with E-state index in [1.807, 2.05) is 0 Å². The summed E-state index contributed by atoms with van der Waals surface area (Å²) in [5, 5.41) is 17.0. The van der Waals surface area contributed by atoms with E-state index in [0.29, 0.717) is 18.5 Å². The molecule has 1 amide bonds. The van der Waals surface area contributed by atoms with Crippen LogP contribution in [0.4, 0.5) is 4.39 Å². The molecule has 0 bridgehead atoms. The van der Waals surface area contributed by atoms with Gasteiger partial charge in [-0.2, -0.15) is 0 Å². The largest absolute Gasteiger partial charge is 0.480 e. The van der Waals surface area contributed by atoms with E-state index in [9.17, 15) is 19.1 Å². The third-order valence-electron chi connectivity index (χ3n) is 4.04. The molecule has 1 aromatic carbocycles. The molecule has 1 fully saturated rings. The number of carboxylic acids is 1. The Morgan fingerprint density at radius 2 is 2.17 bits per heavy atom. The van der Waals surface area contributed by atoms with Gasteiger partial charge in [-0.05, 0) is 37.0 Å². The smallest absolute Gasteiger partial charge is 0.326 e. The zero-order valence-corrected chi connectivity index (χ0v) is 12.9. The van der Waals surface area contributed by atoms with Crippen LogP contribution in [0.25, 0.3) is 0 Å². The molecule has 1 saturated heterocycles. The molecule has 1 atom stereocenters. The fraction of sp³-hybridized carbons (Fsp3) is 0.375. The molecule has 1 aliphatic heterocycles. The number of carbonyl (C=O) groups excluding carboxylic acids is 1. The molecule has 1 aromatic heterocycles. The minimum atomic E-state index is -1.00. The molecule has 0 unspecified atom stereocenters. The maximum Gasteiger partial charge on any atom is 0.326 e. The lowest BCUT2D eigenvalue weighted by Crippen LogP contribution is -2.48. The van der Waals surface area contributed by atoms with Gasteiger partial charge < -0.3 is 10.0 Å². The monoisotopic (exact) mass is 332 g/mol. The van der Waals surface area contributed by atoms with Crippen molar-refractivity contribution in [2.75, 3.05) is 6.54 Å². The topological polar surface area (TPSA) is 88.3 Å². The Morgan fingerprint density at radius 1 is 1.33 bits per heavy atom. The maximum absolute atomic E-state index is 13.2. The normalized spacial score (nSPS) is 17.7. The quantitative estimate of drug-likeness (QED) is 0.917. The number of benzene rings is 1. The average molecular weight is 332 g/mol. The number of carboxylic acid groups (broad SMARTS) is 1. The summed E-state index contributed by atoms with van der Waals surface area (Å²) in [5.41, 5.74) is 0.792. The first kappa shape index (κ1) is 16.1. The van der Waals surface area contributed by atoms with Gasteiger partial charge in [0.15, 0.2) is 5.69 Å². The summed E-state index contributed by atoms with van der Waals surface area (Å²) in [6.07, 6.45) is 3.46. The second kappa shape index (κ2) is 6.77. The Bertz CT molecular complexity index is 761. The SMILES string of the molecule is O=C(O)[C@@H]1CCCCN1C(=O)c1cn(Cc2cccc(F)c2)nn1. The highest BCUT2D eigenvalue weighted by Gasteiger charge is 2.33. The van der Waals surface area contributed by atoms with E-state index in [2.05, 4.69) is 10.3 Å². The number of hydrogen-bond acceptors (Lipinski definition) is 4. The standard InChI is InChI=1S/C16H17FN4O3/c17-12-5-3-4-11(8-12)9-20-10-13(18-19-20)15(22)21-7-2-1-6-14(21)16(23)24/h3-5,8,10,14H,1-2,6-7,9H2,(H,23,24)/t14-/m0/s1. The van der Waals surface area contributed by atoms with Gasteiger partial charge in [0.2, 0.25) is 0 Å². The van der Waals surface area contributed by atoms with Crippen LogP contribution in [0.5, 0.6) is 0 Å². The van der Waals surface area contributed by atoms with Crippen molar-refractivity contribution in [1.82, 2.24) is 19.9 Å². The first-order chi connectivity index (χ1) is 11.5. The summed E-state index contributed by atoms with van der Waals surface area (Å²) in [6, 6.07) is 5.26. The van der Waals surface area contributed by atoms with Crippen LogP contribution < -0.4 is 0 Å². The number of hydrogen-bond donors (Lipinski definition) is 1. The lowest BCUT2D eigenvalue weighted by Gasteiger charge is -2.32. The van der Waals surface area contributed by atoms with Crippen LogP contribution >= 0.6 is 0 Å². The molecule has 0 aliphatic carbocycles. The van der Waals surface area contributed by atoms with Crippen molar-refractivity contribution in [2.45, 2.75) is 31.8 Å². The van der Waals surface area contributed by atoms with Crippen LogP contribution in [-0.2, 0) is 11.3 Å². The van der Waals surface area contributed by atoms with Crippen LogP contribution in [0.3, 0.4) is 0 Å². The molecule has 1 N–H and O–H groups in total. The Hall–Kier alpha value is -2.77. The second-order valence-corrected chi connectivity index (χ2v) is 5.78. The minimum absolute atomic E-state index is 0.0968. The predicted molar refractivity (Wildman–Crippen MR) is 81.8 cm³/mol. The predicted octanol–water partition coefficient (Wildman–Crippen LogP) is 1.54. The van der Waals surface area contributed by atoms with Gasteiger partial charge in [0.1, 0.15) is 11.9 Å². The number of rotatable bonds is 4. The third kappa shape index (κ3) is 3.42. The van der Waals surface area contributed by atoms with Crippen LogP contribution in [-0.4, -0.2) is 49.5 Å². The fourth-order valence-electron chi connectivity index (χ4n) is 2.87. The number of carbonyl (C=O) groups is 2. The Balaban J connectivity index is 1.74. The highest BCUT2D eigenvalue weighted by atomic mass is 19.1. The van der Waals surface area contributed by atoms with E-state index in [0.717, 1.165) is 12.8 Å². The number of aromatic nitrogens is 3. The van der Waals surface area contributed by atoms with Crippen molar-refractivity contribution in [3.63, 3.8) is 0 Å². The molecular weight excluding hydrogens is 315 g/mol. The summed E-state index contributed by atoms with van der Waals surface area (Å²) in [4.78, 5) is 25.2. The van der Waals surface area contributed by atoms with Crippen LogP contribution in [0.2, 0.25) is 0 Å². The molecule has 126 valence electrons. The number of piperidine rings is 1. The van der Waals surface area contributed by atoms with Crippen molar-refractivity contribution in [3.05, 3.63) is 47.5 Å². The van der Waals surface area contributed by atoms with Gasteiger partial charge in [-0.1, -0.05) is 17.3 Å². The number of aliphatic carboxylic acids is 1. The van der Waals surface area contributed by atoms with Gasteiger partial charge in [0, 0.05) is 6.54 Å². The van der Waals surface area contributed by atoms with Crippen molar-refractivity contribution in [3.8, 4) is 0 Å². The molecule has 8 heteroatoms. The summed E-state index contributed by atoms with van der Waals surface area (Å²) < 4.78 is 14.6. The summed E-state index contributed by atoms with van der Waals surface area (Å²) in [5.74, 6) is -1.79. The third-order valence-corrected chi connectivity index (χ3v) is 4.04. The molecule has 2 aromatic rings. The molecular formula is C16H17FN4O3. The highest BCUT2D eigenvalue weighted by Crippen LogP contribution is 2.19. The van der Waals surface area contributed by atoms with E-state index in [1.165, 1.54) is 27.9 Å². The van der Waals surface area contributed by atoms with E-state index in [4.69, 9.17) is 0 Å². The fourth-order valence-corrected chi connectivity index (χ4v) is 2.87. The van der Waals surface area contributed by atoms with Gasteiger partial charge in [-0.3, -0.25) is 4.79 Å². The Labute approximate surface area is 137 Å². The second-order valence-electron chi connectivity index (χ2n) is 5.78. The number of nitrogens with zero attached hydrogens (tertiary/aromatic N) is 4. The van der Waals surface area contributed by atoms with Crippen molar-refractivity contribution in [2.24, 2.45) is 0 Å². The Kier molecular flexibility index (Phi) is 4.54. The maximum atomic E-state index is 13.2. The van der Waals surface area contributed by atoms with Crippen LogP contribution in [0.15, 0.2) is 30.5 Å². The molecule has 0 radical (unpaired) electrons. The van der Waals surface area contributed by atoms with E-state index in [-0.39, 0.29) is 18.1 Å². The lowest BCUT2D eigenvalue weighted by atomic mass is 10.0. The van der Waals surface area contributed by atoms with E-state index >= 15 is 0 Å². The molecule has 7 nitrogen and oxygen atoms in total. The van der Waals surface area contributed by atoms with Crippen molar-refractivity contribution in [1.29, 1.82) is 0 Å². The van der Waals surface area contributed by atoms with Gasteiger partial charge in [-0.25, -0.2) is 13.9 Å². The van der Waals surface area contributed by atoms with Crippen LogP contribution in [0, 0.1) is 5.82 Å². The van der Waals surface area contributed by atoms with E-state index in [1.54, 1.807) is 12.1 Å². The molecule has 0 spiro atoms. The summed E-state index contributed by atoms with van der Waals surface area (Å²) in [6.45, 7) is 0.674. The van der Waals surface area contributed by atoms with Gasteiger partial charge in [-0.15, -0.1) is 5.10 Å². The number of amides is 1. The first-order valence-corrected chi connectivity index (χ1v) is 7.73. The molecule has 3 rings (SSSR count). The molecule has 24 heavy (non-hydrogen) atoms. The zero-order valence-electron chi connectivity index (χ0n) is 12.9. The minimum Gasteiger partial charge on any atom is -0.480 e. The summed E-state index contributed by atoms with van der Waals surface area (Å²) >= 11 is 0. The van der Waals surface area contributed by atoms with Crippen LogP contribution in [0.1, 0.15) is 35.3 Å². The number of halogens is 1. The average Bonchev–Trinajstić information content (AvgIpc) is 3.02. The van der Waals surface area contributed by atoms with E-state index < -0.39 is 17.9 Å². The molecule has 1 aliphatic rings. The Morgan fingerprint density at radius 3 is 2.92 bits per heavy atom. The number of likely N-dealkylation sites (tertiary alicyclic amines) is 1. The lowest BCUT2D eigenvalue weighted by molar-refractivity contribution is -0.143. The molecule has 0 saturated carbocycles.